The number of unbranched alkanes of at least 4 members (excludes halogenated alkanes) is 1. The van der Waals surface area contributed by atoms with Crippen LogP contribution in [0.4, 0.5) is 0 Å². The SMILES string of the molecule is Cc1cccc(/C=N/CCCC#N)c1. The van der Waals surface area contributed by atoms with Crippen molar-refractivity contribution in [1.29, 1.82) is 5.26 Å². The molecule has 0 N–H and O–H groups in total. The molecule has 0 aromatic heterocycles. The second-order valence-electron chi connectivity index (χ2n) is 3.21. The van der Waals surface area contributed by atoms with Gasteiger partial charge < -0.3 is 0 Å². The Kier molecular flexibility index (Phi) is 4.43. The first kappa shape index (κ1) is 10.5. The maximum Gasteiger partial charge on any atom is 0.0622 e. The lowest BCUT2D eigenvalue weighted by atomic mass is 10.1. The van der Waals surface area contributed by atoms with E-state index in [1.807, 2.05) is 18.3 Å². The number of hydrogen-bond donors (Lipinski definition) is 0. The fraction of sp³-hybridized carbons (Fsp3) is 0.333. The molecule has 1 aromatic carbocycles. The van der Waals surface area contributed by atoms with Gasteiger partial charge in [-0.15, -0.1) is 0 Å². The zero-order valence-electron chi connectivity index (χ0n) is 8.40. The second kappa shape index (κ2) is 5.93. The Balaban J connectivity index is 2.41. The summed E-state index contributed by atoms with van der Waals surface area (Å²) in [5.41, 5.74) is 2.37. The standard InChI is InChI=1S/C12H14N2/c1-11-5-4-6-12(9-11)10-14-8-3-2-7-13/h4-6,9-10H,2-3,8H2,1H3/b14-10+. The van der Waals surface area contributed by atoms with Gasteiger partial charge in [-0.05, 0) is 18.9 Å². The minimum Gasteiger partial charge on any atom is -0.293 e. The maximum absolute atomic E-state index is 8.32. The van der Waals surface area contributed by atoms with E-state index in [4.69, 9.17) is 5.26 Å². The highest BCUT2D eigenvalue weighted by atomic mass is 14.7. The van der Waals surface area contributed by atoms with Gasteiger partial charge >= 0.3 is 0 Å². The Hall–Kier alpha value is -1.62. The Morgan fingerprint density at radius 2 is 2.36 bits per heavy atom. The van der Waals surface area contributed by atoms with E-state index in [0.29, 0.717) is 6.42 Å². The molecule has 72 valence electrons. The molecule has 1 aromatic rings. The number of nitrogens with zero attached hydrogens (tertiary/aromatic N) is 2. The third kappa shape index (κ3) is 3.86. The summed E-state index contributed by atoms with van der Waals surface area (Å²) in [6, 6.07) is 10.3. The molecule has 0 fully saturated rings. The van der Waals surface area contributed by atoms with Crippen molar-refractivity contribution in [1.82, 2.24) is 0 Å². The molecule has 2 heteroatoms. The van der Waals surface area contributed by atoms with E-state index in [-0.39, 0.29) is 0 Å². The van der Waals surface area contributed by atoms with Gasteiger partial charge in [0.05, 0.1) is 6.07 Å². The van der Waals surface area contributed by atoms with Gasteiger partial charge in [-0.1, -0.05) is 29.8 Å². The van der Waals surface area contributed by atoms with Gasteiger partial charge in [-0.25, -0.2) is 0 Å². The Labute approximate surface area is 84.9 Å². The molecule has 14 heavy (non-hydrogen) atoms. The Morgan fingerprint density at radius 1 is 1.50 bits per heavy atom. The first-order valence-electron chi connectivity index (χ1n) is 4.76. The van der Waals surface area contributed by atoms with Crippen molar-refractivity contribution >= 4 is 6.21 Å². The van der Waals surface area contributed by atoms with Crippen LogP contribution in [-0.4, -0.2) is 12.8 Å². The number of aryl methyl sites for hydroxylation is 1. The maximum atomic E-state index is 8.32. The van der Waals surface area contributed by atoms with Crippen LogP contribution in [0.25, 0.3) is 0 Å². The molecule has 0 unspecified atom stereocenters. The summed E-state index contributed by atoms with van der Waals surface area (Å²) in [6.45, 7) is 2.80. The largest absolute Gasteiger partial charge is 0.293 e. The monoisotopic (exact) mass is 186 g/mol. The van der Waals surface area contributed by atoms with Crippen LogP contribution in [0.2, 0.25) is 0 Å². The molecule has 0 spiro atoms. The van der Waals surface area contributed by atoms with Crippen molar-refractivity contribution in [3.63, 3.8) is 0 Å². The molecule has 0 bridgehead atoms. The number of nitriles is 1. The smallest absolute Gasteiger partial charge is 0.0622 e. The van der Waals surface area contributed by atoms with Gasteiger partial charge in [0.2, 0.25) is 0 Å². The van der Waals surface area contributed by atoms with E-state index >= 15 is 0 Å². The molecule has 0 aliphatic carbocycles. The number of hydrogen-bond acceptors (Lipinski definition) is 2. The van der Waals surface area contributed by atoms with Crippen LogP contribution in [0, 0.1) is 18.3 Å². The molecule has 0 radical (unpaired) electrons. The zero-order chi connectivity index (χ0) is 10.2. The summed E-state index contributed by atoms with van der Waals surface area (Å²) in [5.74, 6) is 0. The minimum atomic E-state index is 0.588. The van der Waals surface area contributed by atoms with Gasteiger partial charge in [0.25, 0.3) is 0 Å². The highest BCUT2D eigenvalue weighted by molar-refractivity contribution is 5.79. The molecule has 0 heterocycles. The number of rotatable bonds is 4. The van der Waals surface area contributed by atoms with Crippen LogP contribution < -0.4 is 0 Å². The third-order valence-electron chi connectivity index (χ3n) is 1.86. The lowest BCUT2D eigenvalue weighted by Gasteiger charge is -1.94. The minimum absolute atomic E-state index is 0.588. The lowest BCUT2D eigenvalue weighted by molar-refractivity contribution is 0.866. The van der Waals surface area contributed by atoms with Crippen molar-refractivity contribution in [3.8, 4) is 6.07 Å². The lowest BCUT2D eigenvalue weighted by Crippen LogP contribution is -1.85. The molecule has 0 aliphatic rings. The van der Waals surface area contributed by atoms with E-state index in [1.165, 1.54) is 5.56 Å². The average molecular weight is 186 g/mol. The topological polar surface area (TPSA) is 36.1 Å². The Bertz CT molecular complexity index is 348. The van der Waals surface area contributed by atoms with E-state index in [1.54, 1.807) is 0 Å². The van der Waals surface area contributed by atoms with E-state index in [2.05, 4.69) is 30.1 Å². The van der Waals surface area contributed by atoms with Gasteiger partial charge in [-0.2, -0.15) is 5.26 Å². The first-order valence-corrected chi connectivity index (χ1v) is 4.76. The summed E-state index contributed by atoms with van der Waals surface area (Å²) in [6.07, 6.45) is 3.30. The zero-order valence-corrected chi connectivity index (χ0v) is 8.40. The van der Waals surface area contributed by atoms with Crippen molar-refractivity contribution in [2.45, 2.75) is 19.8 Å². The van der Waals surface area contributed by atoms with Crippen LogP contribution in [0.15, 0.2) is 29.3 Å². The molecular formula is C12H14N2. The van der Waals surface area contributed by atoms with Crippen LogP contribution in [-0.2, 0) is 0 Å². The van der Waals surface area contributed by atoms with Gasteiger partial charge in [0.1, 0.15) is 0 Å². The summed E-state index contributed by atoms with van der Waals surface area (Å²) in [5, 5.41) is 8.32. The molecule has 0 atom stereocenters. The van der Waals surface area contributed by atoms with Crippen molar-refractivity contribution < 1.29 is 0 Å². The summed E-state index contributed by atoms with van der Waals surface area (Å²) >= 11 is 0. The van der Waals surface area contributed by atoms with Crippen LogP contribution in [0.5, 0.6) is 0 Å². The van der Waals surface area contributed by atoms with Gasteiger partial charge in [-0.3, -0.25) is 4.99 Å². The first-order chi connectivity index (χ1) is 6.83. The quantitative estimate of drug-likeness (QED) is 0.526. The molecule has 0 aliphatic heterocycles. The molecule has 0 amide bonds. The summed E-state index contributed by atoms with van der Waals surface area (Å²) in [4.78, 5) is 4.24. The number of benzene rings is 1. The predicted molar refractivity (Wildman–Crippen MR) is 58.5 cm³/mol. The van der Waals surface area contributed by atoms with Crippen molar-refractivity contribution in [2.24, 2.45) is 4.99 Å². The highest BCUT2D eigenvalue weighted by Crippen LogP contribution is 2.01. The summed E-state index contributed by atoms with van der Waals surface area (Å²) in [7, 11) is 0. The molecular weight excluding hydrogens is 172 g/mol. The van der Waals surface area contributed by atoms with Gasteiger partial charge in [0.15, 0.2) is 0 Å². The molecule has 0 saturated heterocycles. The van der Waals surface area contributed by atoms with Crippen LogP contribution in [0.1, 0.15) is 24.0 Å². The van der Waals surface area contributed by atoms with E-state index < -0.39 is 0 Å². The van der Waals surface area contributed by atoms with Crippen molar-refractivity contribution in [2.75, 3.05) is 6.54 Å². The normalized spacial score (nSPS) is 10.3. The Morgan fingerprint density at radius 3 is 3.07 bits per heavy atom. The van der Waals surface area contributed by atoms with E-state index in [9.17, 15) is 0 Å². The average Bonchev–Trinajstić information content (AvgIpc) is 2.18. The predicted octanol–water partition coefficient (Wildman–Crippen LogP) is 2.72. The molecule has 2 nitrogen and oxygen atoms in total. The van der Waals surface area contributed by atoms with Crippen LogP contribution >= 0.6 is 0 Å². The molecule has 0 saturated carbocycles. The summed E-state index contributed by atoms with van der Waals surface area (Å²) < 4.78 is 0. The van der Waals surface area contributed by atoms with Crippen molar-refractivity contribution in [3.05, 3.63) is 35.4 Å². The molecule has 1 rings (SSSR count). The fourth-order valence-electron chi connectivity index (χ4n) is 1.17. The number of aliphatic imine (C=N–C) groups is 1. The fourth-order valence-corrected chi connectivity index (χ4v) is 1.17. The van der Waals surface area contributed by atoms with E-state index in [0.717, 1.165) is 18.5 Å². The third-order valence-corrected chi connectivity index (χ3v) is 1.86. The van der Waals surface area contributed by atoms with Gasteiger partial charge in [0, 0.05) is 19.2 Å². The second-order valence-corrected chi connectivity index (χ2v) is 3.21. The van der Waals surface area contributed by atoms with Crippen LogP contribution in [0.3, 0.4) is 0 Å². The highest BCUT2D eigenvalue weighted by Gasteiger charge is 1.87.